The van der Waals surface area contributed by atoms with E-state index in [4.69, 9.17) is 9.47 Å². The Hall–Kier alpha value is -2.60. The molecule has 0 N–H and O–H groups in total. The van der Waals surface area contributed by atoms with Crippen LogP contribution in [0.3, 0.4) is 0 Å². The normalized spacial score (nSPS) is 11.8. The molecule has 1 aromatic heterocycles. The predicted octanol–water partition coefficient (Wildman–Crippen LogP) is 3.61. The number of hydrogen-bond acceptors (Lipinski definition) is 4. The lowest BCUT2D eigenvalue weighted by atomic mass is 10.1. The minimum absolute atomic E-state index is 0.354. The van der Waals surface area contributed by atoms with E-state index in [9.17, 15) is 4.79 Å². The number of methoxy groups -OCH3 is 2. The molecule has 0 spiro atoms. The number of carbonyl (C=O) groups excluding carboxylic acids is 1. The maximum Gasteiger partial charge on any atom is 0.283 e. The van der Waals surface area contributed by atoms with Crippen molar-refractivity contribution in [2.45, 2.75) is 13.8 Å². The smallest absolute Gasteiger partial charge is 0.283 e. The summed E-state index contributed by atoms with van der Waals surface area (Å²) in [6.07, 6.45) is 0. The molecule has 3 aromatic rings. The molecule has 1 heterocycles. The first kappa shape index (κ1) is 17.2. The maximum atomic E-state index is 12.7. The highest BCUT2D eigenvalue weighted by molar-refractivity contribution is 7.16. The van der Waals surface area contributed by atoms with Gasteiger partial charge in [-0.25, -0.2) is 0 Å². The topological polar surface area (TPSA) is 52.8 Å². The van der Waals surface area contributed by atoms with Gasteiger partial charge < -0.3 is 14.0 Å². The van der Waals surface area contributed by atoms with Crippen molar-refractivity contribution in [2.75, 3.05) is 14.2 Å². The SMILES string of the molecule is COc1ccc(OC)c(C(=O)N=c2sc3ccc(C)c(C)c3n2C)c1. The average molecular weight is 356 g/mol. The Morgan fingerprint density at radius 3 is 2.56 bits per heavy atom. The fourth-order valence-electron chi connectivity index (χ4n) is 2.76. The number of rotatable bonds is 3. The van der Waals surface area contributed by atoms with E-state index in [2.05, 4.69) is 31.0 Å². The van der Waals surface area contributed by atoms with Crippen molar-refractivity contribution < 1.29 is 14.3 Å². The van der Waals surface area contributed by atoms with Gasteiger partial charge >= 0.3 is 0 Å². The number of ether oxygens (including phenoxy) is 2. The van der Waals surface area contributed by atoms with Crippen LogP contribution in [-0.4, -0.2) is 24.7 Å². The van der Waals surface area contributed by atoms with Crippen LogP contribution in [0.5, 0.6) is 11.5 Å². The number of thiazole rings is 1. The molecule has 0 aliphatic rings. The molecule has 3 rings (SSSR count). The van der Waals surface area contributed by atoms with E-state index < -0.39 is 0 Å². The molecule has 0 unspecified atom stereocenters. The van der Waals surface area contributed by atoms with Crippen LogP contribution in [0.2, 0.25) is 0 Å². The molecule has 0 aliphatic carbocycles. The van der Waals surface area contributed by atoms with E-state index in [1.165, 1.54) is 29.6 Å². The summed E-state index contributed by atoms with van der Waals surface area (Å²) in [5.74, 6) is 0.712. The van der Waals surface area contributed by atoms with Gasteiger partial charge in [-0.05, 0) is 49.2 Å². The zero-order valence-electron chi connectivity index (χ0n) is 14.9. The highest BCUT2D eigenvalue weighted by atomic mass is 32.1. The molecule has 130 valence electrons. The summed E-state index contributed by atoms with van der Waals surface area (Å²) in [4.78, 5) is 17.7. The number of benzene rings is 2. The van der Waals surface area contributed by atoms with E-state index in [-0.39, 0.29) is 5.91 Å². The van der Waals surface area contributed by atoms with E-state index in [1.54, 1.807) is 25.3 Å². The Morgan fingerprint density at radius 2 is 1.88 bits per heavy atom. The van der Waals surface area contributed by atoms with Crippen LogP contribution in [0.1, 0.15) is 21.5 Å². The quantitative estimate of drug-likeness (QED) is 0.720. The van der Waals surface area contributed by atoms with Gasteiger partial charge in [0.15, 0.2) is 4.80 Å². The fraction of sp³-hybridized carbons (Fsp3) is 0.263. The van der Waals surface area contributed by atoms with Gasteiger partial charge in [0.25, 0.3) is 5.91 Å². The molecule has 1 amide bonds. The third-order valence-electron chi connectivity index (χ3n) is 4.32. The van der Waals surface area contributed by atoms with Crippen LogP contribution in [0.25, 0.3) is 10.2 Å². The summed E-state index contributed by atoms with van der Waals surface area (Å²) in [5.41, 5.74) is 3.90. The third-order valence-corrected chi connectivity index (χ3v) is 5.42. The number of aryl methyl sites for hydroxylation is 3. The second-order valence-corrected chi connectivity index (χ2v) is 6.79. The van der Waals surface area contributed by atoms with Gasteiger partial charge in [0.1, 0.15) is 11.5 Å². The van der Waals surface area contributed by atoms with Crippen molar-refractivity contribution in [2.24, 2.45) is 12.0 Å². The van der Waals surface area contributed by atoms with Gasteiger partial charge in [0, 0.05) is 7.05 Å². The van der Waals surface area contributed by atoms with Crippen LogP contribution in [0, 0.1) is 13.8 Å². The Morgan fingerprint density at radius 1 is 1.12 bits per heavy atom. The molecular weight excluding hydrogens is 336 g/mol. The molecule has 0 saturated heterocycles. The van der Waals surface area contributed by atoms with Crippen LogP contribution in [0.4, 0.5) is 0 Å². The van der Waals surface area contributed by atoms with Gasteiger partial charge in [-0.15, -0.1) is 0 Å². The van der Waals surface area contributed by atoms with Crippen LogP contribution < -0.4 is 14.3 Å². The minimum Gasteiger partial charge on any atom is -0.497 e. The van der Waals surface area contributed by atoms with E-state index >= 15 is 0 Å². The molecule has 0 fully saturated rings. The number of hydrogen-bond donors (Lipinski definition) is 0. The maximum absolute atomic E-state index is 12.7. The minimum atomic E-state index is -0.354. The Bertz CT molecular complexity index is 1030. The van der Waals surface area contributed by atoms with E-state index in [0.29, 0.717) is 21.9 Å². The van der Waals surface area contributed by atoms with Crippen LogP contribution in [0.15, 0.2) is 35.3 Å². The number of aromatic nitrogens is 1. The molecular formula is C19H20N2O3S. The largest absolute Gasteiger partial charge is 0.497 e. The Balaban J connectivity index is 2.16. The van der Waals surface area contributed by atoms with Gasteiger partial charge in [-0.2, -0.15) is 4.99 Å². The molecule has 0 saturated carbocycles. The summed E-state index contributed by atoms with van der Waals surface area (Å²) < 4.78 is 13.6. The van der Waals surface area contributed by atoms with Crippen molar-refractivity contribution in [3.63, 3.8) is 0 Å². The molecule has 0 radical (unpaired) electrons. The zero-order valence-corrected chi connectivity index (χ0v) is 15.7. The zero-order chi connectivity index (χ0) is 18.1. The van der Waals surface area contributed by atoms with Crippen molar-refractivity contribution >= 4 is 27.5 Å². The summed E-state index contributed by atoms with van der Waals surface area (Å²) in [5, 5.41) is 0. The Kier molecular flexibility index (Phi) is 4.63. The first-order valence-electron chi connectivity index (χ1n) is 7.83. The highest BCUT2D eigenvalue weighted by Crippen LogP contribution is 2.25. The number of fused-ring (bicyclic) bond motifs is 1. The van der Waals surface area contributed by atoms with Gasteiger partial charge in [0.05, 0.1) is 30.0 Å². The Labute approximate surface area is 150 Å². The highest BCUT2D eigenvalue weighted by Gasteiger charge is 2.14. The van der Waals surface area contributed by atoms with Crippen molar-refractivity contribution in [3.8, 4) is 11.5 Å². The van der Waals surface area contributed by atoms with E-state index in [0.717, 1.165) is 10.2 Å². The van der Waals surface area contributed by atoms with Crippen LogP contribution >= 0.6 is 11.3 Å². The van der Waals surface area contributed by atoms with Crippen molar-refractivity contribution in [3.05, 3.63) is 51.8 Å². The number of amides is 1. The van der Waals surface area contributed by atoms with Crippen LogP contribution in [-0.2, 0) is 7.05 Å². The lowest BCUT2D eigenvalue weighted by molar-refractivity contribution is 0.0994. The van der Waals surface area contributed by atoms with Crippen molar-refractivity contribution in [1.29, 1.82) is 0 Å². The first-order valence-corrected chi connectivity index (χ1v) is 8.64. The second kappa shape index (κ2) is 6.72. The average Bonchev–Trinajstić information content (AvgIpc) is 2.93. The fourth-order valence-corrected chi connectivity index (χ4v) is 3.84. The van der Waals surface area contributed by atoms with Gasteiger partial charge in [-0.3, -0.25) is 4.79 Å². The molecule has 0 bridgehead atoms. The summed E-state index contributed by atoms with van der Waals surface area (Å²) in [7, 11) is 5.02. The summed E-state index contributed by atoms with van der Waals surface area (Å²) in [6, 6.07) is 9.26. The number of nitrogens with zero attached hydrogens (tertiary/aromatic N) is 2. The monoisotopic (exact) mass is 356 g/mol. The lowest BCUT2D eigenvalue weighted by Gasteiger charge is -2.07. The first-order chi connectivity index (χ1) is 12.0. The molecule has 6 heteroatoms. The predicted molar refractivity (Wildman–Crippen MR) is 99.7 cm³/mol. The van der Waals surface area contributed by atoms with Gasteiger partial charge in [-0.1, -0.05) is 17.4 Å². The standard InChI is InChI=1S/C19H20N2O3S/c1-11-6-9-16-17(12(11)2)21(3)19(25-16)20-18(22)14-10-13(23-4)7-8-15(14)24-5/h6-10H,1-5H3. The summed E-state index contributed by atoms with van der Waals surface area (Å²) >= 11 is 1.50. The van der Waals surface area contributed by atoms with Crippen molar-refractivity contribution in [1.82, 2.24) is 4.57 Å². The van der Waals surface area contributed by atoms with Gasteiger partial charge in [0.2, 0.25) is 0 Å². The number of carbonyl (C=O) groups is 1. The van der Waals surface area contributed by atoms with E-state index in [1.807, 2.05) is 11.6 Å². The molecule has 0 aliphatic heterocycles. The molecule has 5 nitrogen and oxygen atoms in total. The molecule has 25 heavy (non-hydrogen) atoms. The molecule has 0 atom stereocenters. The summed E-state index contributed by atoms with van der Waals surface area (Å²) in [6.45, 7) is 4.16. The second-order valence-electron chi connectivity index (χ2n) is 5.78. The third kappa shape index (κ3) is 3.05. The molecule has 2 aromatic carbocycles. The lowest BCUT2D eigenvalue weighted by Crippen LogP contribution is -2.14.